The van der Waals surface area contributed by atoms with Crippen LogP contribution >= 0.6 is 11.3 Å². The summed E-state index contributed by atoms with van der Waals surface area (Å²) >= 11 is 1.70. The molecule has 0 aliphatic carbocycles. The number of nitrogens with two attached hydrogens (primary N) is 1. The van der Waals surface area contributed by atoms with Gasteiger partial charge in [0.2, 0.25) is 0 Å². The molecule has 0 aliphatic rings. The summed E-state index contributed by atoms with van der Waals surface area (Å²) in [7, 11) is 0. The second kappa shape index (κ2) is 4.30. The molecule has 0 spiro atoms. The van der Waals surface area contributed by atoms with Gasteiger partial charge in [0.25, 0.3) is 0 Å². The van der Waals surface area contributed by atoms with Gasteiger partial charge in [0.05, 0.1) is 6.20 Å². The first-order valence-corrected chi connectivity index (χ1v) is 6.53. The second-order valence-corrected chi connectivity index (χ2v) is 4.85. The monoisotopic (exact) mass is 259 g/mol. The molecule has 0 fully saturated rings. The largest absolute Gasteiger partial charge is 0.382 e. The van der Waals surface area contributed by atoms with Crippen molar-refractivity contribution in [3.05, 3.63) is 40.5 Å². The molecule has 0 amide bonds. The molecule has 3 aromatic rings. The van der Waals surface area contributed by atoms with E-state index < -0.39 is 0 Å². The zero-order chi connectivity index (χ0) is 12.5. The number of imidazole rings is 1. The van der Waals surface area contributed by atoms with Crippen LogP contribution in [-0.4, -0.2) is 14.4 Å². The highest BCUT2D eigenvalue weighted by Gasteiger charge is 2.06. The molecule has 0 aromatic carbocycles. The molecule has 6 heteroatoms. The number of rotatable bonds is 3. The third-order valence-electron chi connectivity index (χ3n) is 2.80. The molecule has 5 nitrogen and oxygen atoms in total. The summed E-state index contributed by atoms with van der Waals surface area (Å²) in [5, 5.41) is 7.56. The van der Waals surface area contributed by atoms with Crippen LogP contribution in [0.25, 0.3) is 5.65 Å². The average molecular weight is 259 g/mol. The zero-order valence-corrected chi connectivity index (χ0v) is 10.7. The number of fused-ring (bicyclic) bond motifs is 1. The summed E-state index contributed by atoms with van der Waals surface area (Å²) < 4.78 is 1.87. The summed E-state index contributed by atoms with van der Waals surface area (Å²) in [5.74, 6) is 1.19. The SMILES string of the molecule is Cc1cscc1CNc1nc(N)cn2ccnc12. The van der Waals surface area contributed by atoms with Gasteiger partial charge in [-0.3, -0.25) is 0 Å². The Balaban J connectivity index is 1.90. The van der Waals surface area contributed by atoms with Crippen LogP contribution in [0.2, 0.25) is 0 Å². The fraction of sp³-hybridized carbons (Fsp3) is 0.167. The van der Waals surface area contributed by atoms with Gasteiger partial charge in [0.1, 0.15) is 5.82 Å². The maximum Gasteiger partial charge on any atom is 0.180 e. The number of thiophene rings is 1. The minimum absolute atomic E-state index is 0.477. The third kappa shape index (κ3) is 1.91. The lowest BCUT2D eigenvalue weighted by Crippen LogP contribution is -2.06. The van der Waals surface area contributed by atoms with E-state index in [1.807, 2.05) is 10.6 Å². The fourth-order valence-corrected chi connectivity index (χ4v) is 2.67. The molecular formula is C12H13N5S. The van der Waals surface area contributed by atoms with E-state index >= 15 is 0 Å². The van der Waals surface area contributed by atoms with E-state index in [0.29, 0.717) is 11.6 Å². The van der Waals surface area contributed by atoms with Crippen molar-refractivity contribution >= 4 is 28.6 Å². The number of nitrogen functional groups attached to an aromatic ring is 1. The molecule has 0 bridgehead atoms. The summed E-state index contributed by atoms with van der Waals surface area (Å²) in [6.45, 7) is 2.83. The van der Waals surface area contributed by atoms with Crippen LogP contribution in [0.5, 0.6) is 0 Å². The minimum Gasteiger partial charge on any atom is -0.382 e. The predicted octanol–water partition coefficient (Wildman–Crippen LogP) is 2.29. The number of nitrogens with zero attached hydrogens (tertiary/aromatic N) is 3. The Bertz CT molecular complexity index is 685. The van der Waals surface area contributed by atoms with Crippen molar-refractivity contribution in [1.82, 2.24) is 14.4 Å². The summed E-state index contributed by atoms with van der Waals surface area (Å²) in [4.78, 5) is 8.56. The summed E-state index contributed by atoms with van der Waals surface area (Å²) in [6.07, 6.45) is 5.34. The lowest BCUT2D eigenvalue weighted by molar-refractivity contribution is 1.07. The highest BCUT2D eigenvalue weighted by atomic mass is 32.1. The molecule has 0 saturated heterocycles. The van der Waals surface area contributed by atoms with Crippen LogP contribution in [0, 0.1) is 6.92 Å². The number of anilines is 2. The number of hydrogen-bond donors (Lipinski definition) is 2. The molecule has 3 N–H and O–H groups in total. The highest BCUT2D eigenvalue weighted by Crippen LogP contribution is 2.18. The van der Waals surface area contributed by atoms with E-state index in [9.17, 15) is 0 Å². The smallest absolute Gasteiger partial charge is 0.180 e. The van der Waals surface area contributed by atoms with Gasteiger partial charge in [0.15, 0.2) is 11.5 Å². The first-order valence-electron chi connectivity index (χ1n) is 5.59. The van der Waals surface area contributed by atoms with Gasteiger partial charge in [-0.2, -0.15) is 11.3 Å². The molecule has 0 saturated carbocycles. The van der Waals surface area contributed by atoms with Crippen LogP contribution in [0.4, 0.5) is 11.6 Å². The molecule has 3 aromatic heterocycles. The maximum absolute atomic E-state index is 5.77. The van der Waals surface area contributed by atoms with Crippen molar-refractivity contribution in [2.24, 2.45) is 0 Å². The first-order chi connectivity index (χ1) is 8.74. The third-order valence-corrected chi connectivity index (χ3v) is 3.71. The van der Waals surface area contributed by atoms with E-state index in [2.05, 4.69) is 33.0 Å². The van der Waals surface area contributed by atoms with E-state index in [-0.39, 0.29) is 0 Å². The van der Waals surface area contributed by atoms with E-state index in [1.165, 1.54) is 11.1 Å². The number of nitrogens with one attached hydrogen (secondary N) is 1. The van der Waals surface area contributed by atoms with E-state index in [4.69, 9.17) is 5.73 Å². The number of hydrogen-bond acceptors (Lipinski definition) is 5. The van der Waals surface area contributed by atoms with Gasteiger partial charge in [-0.15, -0.1) is 0 Å². The molecule has 92 valence electrons. The van der Waals surface area contributed by atoms with Crippen molar-refractivity contribution in [3.63, 3.8) is 0 Å². The Morgan fingerprint density at radius 2 is 2.33 bits per heavy atom. The van der Waals surface area contributed by atoms with Crippen LogP contribution in [0.3, 0.4) is 0 Å². The van der Waals surface area contributed by atoms with Crippen LogP contribution in [0.15, 0.2) is 29.4 Å². The fourth-order valence-electron chi connectivity index (χ4n) is 1.82. The van der Waals surface area contributed by atoms with Crippen molar-refractivity contribution in [2.75, 3.05) is 11.1 Å². The second-order valence-electron chi connectivity index (χ2n) is 4.11. The standard InChI is InChI=1S/C12H13N5S/c1-8-6-18-7-9(8)4-15-11-12-14-2-3-17(12)5-10(13)16-11/h2-3,5-7H,4,13H2,1H3,(H,15,16). The Morgan fingerprint density at radius 3 is 3.11 bits per heavy atom. The maximum atomic E-state index is 5.77. The Kier molecular flexibility index (Phi) is 2.64. The topological polar surface area (TPSA) is 68.2 Å². The van der Waals surface area contributed by atoms with E-state index in [0.717, 1.165) is 12.2 Å². The summed E-state index contributed by atoms with van der Waals surface area (Å²) in [6, 6.07) is 0. The normalized spacial score (nSPS) is 10.9. The van der Waals surface area contributed by atoms with Crippen LogP contribution in [-0.2, 0) is 6.54 Å². The predicted molar refractivity (Wildman–Crippen MR) is 73.8 cm³/mol. The molecule has 3 rings (SSSR count). The van der Waals surface area contributed by atoms with Gasteiger partial charge in [-0.25, -0.2) is 9.97 Å². The van der Waals surface area contributed by atoms with Crippen LogP contribution < -0.4 is 11.1 Å². The van der Waals surface area contributed by atoms with E-state index in [1.54, 1.807) is 23.7 Å². The van der Waals surface area contributed by atoms with Crippen molar-refractivity contribution in [3.8, 4) is 0 Å². The molecule has 3 heterocycles. The quantitative estimate of drug-likeness (QED) is 0.757. The van der Waals surface area contributed by atoms with Gasteiger partial charge >= 0.3 is 0 Å². The van der Waals surface area contributed by atoms with Gasteiger partial charge in [-0.05, 0) is 28.8 Å². The number of aryl methyl sites for hydroxylation is 1. The summed E-state index contributed by atoms with van der Waals surface area (Å²) in [5.41, 5.74) is 9.11. The van der Waals surface area contributed by atoms with Crippen molar-refractivity contribution < 1.29 is 0 Å². The molecule has 0 aliphatic heterocycles. The molecule has 0 unspecified atom stereocenters. The van der Waals surface area contributed by atoms with Crippen molar-refractivity contribution in [2.45, 2.75) is 13.5 Å². The minimum atomic E-state index is 0.477. The van der Waals surface area contributed by atoms with Crippen molar-refractivity contribution in [1.29, 1.82) is 0 Å². The first kappa shape index (κ1) is 11.0. The molecular weight excluding hydrogens is 246 g/mol. The molecule has 18 heavy (non-hydrogen) atoms. The lowest BCUT2D eigenvalue weighted by Gasteiger charge is -2.07. The number of aromatic nitrogens is 3. The Hall–Kier alpha value is -2.08. The zero-order valence-electron chi connectivity index (χ0n) is 9.92. The highest BCUT2D eigenvalue weighted by molar-refractivity contribution is 7.08. The molecule has 0 radical (unpaired) electrons. The molecule has 0 atom stereocenters. The Labute approximate surface area is 108 Å². The Morgan fingerprint density at radius 1 is 1.44 bits per heavy atom. The van der Waals surface area contributed by atoms with Gasteiger partial charge in [0, 0.05) is 18.9 Å². The van der Waals surface area contributed by atoms with Gasteiger partial charge < -0.3 is 15.5 Å². The van der Waals surface area contributed by atoms with Gasteiger partial charge in [-0.1, -0.05) is 0 Å². The van der Waals surface area contributed by atoms with Crippen LogP contribution in [0.1, 0.15) is 11.1 Å². The lowest BCUT2D eigenvalue weighted by atomic mass is 10.2. The average Bonchev–Trinajstić information content (AvgIpc) is 2.94.